The molecule has 0 fully saturated rings. The van der Waals surface area contributed by atoms with Crippen LogP contribution in [0.3, 0.4) is 0 Å². The molecule has 0 rings (SSSR count). The van der Waals surface area contributed by atoms with E-state index < -0.39 is 5.60 Å². The van der Waals surface area contributed by atoms with Gasteiger partial charge in [0.1, 0.15) is 0 Å². The Balaban J connectivity index is 3.80. The van der Waals surface area contributed by atoms with E-state index in [4.69, 9.17) is 0 Å². The Bertz CT molecular complexity index is 210. The van der Waals surface area contributed by atoms with Crippen molar-refractivity contribution in [3.05, 3.63) is 0 Å². The van der Waals surface area contributed by atoms with E-state index in [2.05, 4.69) is 17.2 Å². The number of hydrogen-bond acceptors (Lipinski definition) is 2. The van der Waals surface area contributed by atoms with E-state index in [0.29, 0.717) is 6.42 Å². The highest BCUT2D eigenvalue weighted by Crippen LogP contribution is 2.05. The maximum atomic E-state index is 10.8. The van der Waals surface area contributed by atoms with Gasteiger partial charge in [0, 0.05) is 6.54 Å². The van der Waals surface area contributed by atoms with E-state index >= 15 is 0 Å². The lowest BCUT2D eigenvalue weighted by Gasteiger charge is -2.20. The minimum atomic E-state index is -0.828. The molecule has 0 aliphatic heterocycles. The second-order valence-corrected chi connectivity index (χ2v) is 2.91. The molecule has 3 heteroatoms. The van der Waals surface area contributed by atoms with E-state index in [0.717, 1.165) is 0 Å². The number of amides is 1. The van der Waals surface area contributed by atoms with Crippen LogP contribution in [0.4, 0.5) is 0 Å². The van der Waals surface area contributed by atoms with Crippen molar-refractivity contribution in [2.24, 2.45) is 0 Å². The highest BCUT2D eigenvalue weighted by atomic mass is 16.3. The van der Waals surface area contributed by atoms with Crippen LogP contribution >= 0.6 is 0 Å². The van der Waals surface area contributed by atoms with Crippen LogP contribution < -0.4 is 5.32 Å². The second kappa shape index (κ2) is 4.78. The zero-order valence-electron chi connectivity index (χ0n) is 7.77. The average molecular weight is 169 g/mol. The summed E-state index contributed by atoms with van der Waals surface area (Å²) in [5.74, 6) is 4.47. The van der Waals surface area contributed by atoms with Gasteiger partial charge in [-0.3, -0.25) is 4.79 Å². The minimum absolute atomic E-state index is 0.247. The zero-order valence-corrected chi connectivity index (χ0v) is 7.77. The monoisotopic (exact) mass is 169 g/mol. The summed E-state index contributed by atoms with van der Waals surface area (Å²) in [6, 6.07) is 0. The summed E-state index contributed by atoms with van der Waals surface area (Å²) in [5.41, 5.74) is -0.828. The topological polar surface area (TPSA) is 49.3 Å². The molecule has 0 aliphatic carbocycles. The summed E-state index contributed by atoms with van der Waals surface area (Å²) >= 11 is 0. The first-order valence-electron chi connectivity index (χ1n) is 3.95. The van der Waals surface area contributed by atoms with Crippen LogP contribution in [0.25, 0.3) is 0 Å². The third-order valence-corrected chi connectivity index (χ3v) is 1.63. The Morgan fingerprint density at radius 3 is 2.67 bits per heavy atom. The first-order chi connectivity index (χ1) is 5.52. The van der Waals surface area contributed by atoms with Crippen molar-refractivity contribution in [1.29, 1.82) is 0 Å². The smallest absolute Gasteiger partial charge is 0.295 e. The molecule has 3 nitrogen and oxygen atoms in total. The van der Waals surface area contributed by atoms with Crippen LogP contribution in [0.2, 0.25) is 0 Å². The molecule has 68 valence electrons. The molecule has 12 heavy (non-hydrogen) atoms. The fourth-order valence-electron chi connectivity index (χ4n) is 0.553. The van der Waals surface area contributed by atoms with Gasteiger partial charge < -0.3 is 10.4 Å². The van der Waals surface area contributed by atoms with E-state index in [1.54, 1.807) is 13.8 Å². The summed E-state index contributed by atoms with van der Waals surface area (Å²) in [6.07, 6.45) is 0.604. The normalized spacial score (nSPS) is 14.0. The van der Waals surface area contributed by atoms with Crippen LogP contribution in [-0.2, 0) is 4.79 Å². The van der Waals surface area contributed by atoms with Gasteiger partial charge in [0.05, 0.1) is 5.60 Å². The number of carbonyl (C=O) groups excluding carboxylic acids is 1. The number of rotatable bonds is 3. The van der Waals surface area contributed by atoms with Gasteiger partial charge in [-0.05, 0) is 26.2 Å². The summed E-state index contributed by atoms with van der Waals surface area (Å²) in [6.45, 7) is 5.37. The van der Waals surface area contributed by atoms with E-state index in [1.165, 1.54) is 0 Å². The van der Waals surface area contributed by atoms with Gasteiger partial charge >= 0.3 is 0 Å². The first-order valence-corrected chi connectivity index (χ1v) is 3.95. The van der Waals surface area contributed by atoms with Crippen LogP contribution in [-0.4, -0.2) is 23.2 Å². The quantitative estimate of drug-likeness (QED) is 0.596. The van der Waals surface area contributed by atoms with Gasteiger partial charge in [-0.15, -0.1) is 0 Å². The molecule has 0 radical (unpaired) electrons. The van der Waals surface area contributed by atoms with Crippen molar-refractivity contribution in [3.63, 3.8) is 0 Å². The van der Waals surface area contributed by atoms with Gasteiger partial charge in [0.25, 0.3) is 5.91 Å². The van der Waals surface area contributed by atoms with Crippen LogP contribution in [0.15, 0.2) is 0 Å². The third-order valence-electron chi connectivity index (χ3n) is 1.63. The fourth-order valence-corrected chi connectivity index (χ4v) is 0.553. The van der Waals surface area contributed by atoms with Crippen LogP contribution in [0.5, 0.6) is 0 Å². The number of aliphatic hydroxyl groups is 1. The highest BCUT2D eigenvalue weighted by Gasteiger charge is 2.17. The molecule has 1 unspecified atom stereocenters. The Kier molecular flexibility index (Phi) is 4.38. The largest absolute Gasteiger partial charge is 0.388 e. The average Bonchev–Trinajstić information content (AvgIpc) is 2.02. The van der Waals surface area contributed by atoms with Gasteiger partial charge in [-0.25, -0.2) is 0 Å². The first kappa shape index (κ1) is 11.0. The summed E-state index contributed by atoms with van der Waals surface area (Å²) < 4.78 is 0. The molecular weight excluding hydrogens is 154 g/mol. The predicted octanol–water partition coefficient (Wildman–Crippen LogP) is 0.287. The molecule has 0 saturated heterocycles. The van der Waals surface area contributed by atoms with Crippen molar-refractivity contribution in [1.82, 2.24) is 5.32 Å². The van der Waals surface area contributed by atoms with Crippen molar-refractivity contribution < 1.29 is 9.90 Å². The Hall–Kier alpha value is -1.01. The Labute approximate surface area is 73.2 Å². The standard InChI is InChI=1S/C9H15NO2/c1-4-6-8(11)10-7-9(3,12)5-2/h12H,5,7H2,1-3H3,(H,10,11). The van der Waals surface area contributed by atoms with Crippen molar-refractivity contribution in [3.8, 4) is 11.8 Å². The Morgan fingerprint density at radius 1 is 1.67 bits per heavy atom. The second-order valence-electron chi connectivity index (χ2n) is 2.91. The van der Waals surface area contributed by atoms with Crippen molar-refractivity contribution in [2.45, 2.75) is 32.8 Å². The van der Waals surface area contributed by atoms with Gasteiger partial charge in [0.2, 0.25) is 0 Å². The molecule has 1 amide bonds. The summed E-state index contributed by atoms with van der Waals surface area (Å²) in [7, 11) is 0. The van der Waals surface area contributed by atoms with Crippen LogP contribution in [0.1, 0.15) is 27.2 Å². The maximum Gasteiger partial charge on any atom is 0.295 e. The number of nitrogens with one attached hydrogen (secondary N) is 1. The molecule has 0 saturated carbocycles. The van der Waals surface area contributed by atoms with Gasteiger partial charge in [-0.2, -0.15) is 0 Å². The van der Waals surface area contributed by atoms with E-state index in [9.17, 15) is 9.90 Å². The zero-order chi connectivity index (χ0) is 9.61. The highest BCUT2D eigenvalue weighted by molar-refractivity contribution is 5.93. The lowest BCUT2D eigenvalue weighted by Crippen LogP contribution is -2.39. The Morgan fingerprint density at radius 2 is 2.25 bits per heavy atom. The minimum Gasteiger partial charge on any atom is -0.388 e. The van der Waals surface area contributed by atoms with E-state index in [1.807, 2.05) is 6.92 Å². The van der Waals surface area contributed by atoms with Crippen molar-refractivity contribution >= 4 is 5.91 Å². The number of carbonyl (C=O) groups is 1. The lowest BCUT2D eigenvalue weighted by molar-refractivity contribution is -0.116. The SMILES string of the molecule is CC#CC(=O)NCC(C)(O)CC. The molecule has 0 aromatic carbocycles. The lowest BCUT2D eigenvalue weighted by atomic mass is 10.0. The molecule has 1 atom stereocenters. The number of hydrogen-bond donors (Lipinski definition) is 2. The molecular formula is C9H15NO2. The maximum absolute atomic E-state index is 10.8. The molecule has 0 aromatic rings. The van der Waals surface area contributed by atoms with Crippen LogP contribution in [0, 0.1) is 11.8 Å². The molecule has 0 heterocycles. The predicted molar refractivity (Wildman–Crippen MR) is 47.4 cm³/mol. The molecule has 0 spiro atoms. The fraction of sp³-hybridized carbons (Fsp3) is 0.667. The molecule has 2 N–H and O–H groups in total. The molecule has 0 aromatic heterocycles. The van der Waals surface area contributed by atoms with Gasteiger partial charge in [0.15, 0.2) is 0 Å². The molecule has 0 aliphatic rings. The third kappa shape index (κ3) is 4.75. The van der Waals surface area contributed by atoms with Crippen molar-refractivity contribution in [2.75, 3.05) is 6.54 Å². The van der Waals surface area contributed by atoms with Gasteiger partial charge in [-0.1, -0.05) is 12.8 Å². The molecule has 0 bridgehead atoms. The summed E-state index contributed by atoms with van der Waals surface area (Å²) in [5, 5.41) is 12.0. The van der Waals surface area contributed by atoms with E-state index in [-0.39, 0.29) is 12.5 Å². The summed E-state index contributed by atoms with van der Waals surface area (Å²) in [4.78, 5) is 10.8.